The molecule has 1 saturated heterocycles. The molecule has 1 heterocycles. The molecule has 0 spiro atoms. The van der Waals surface area contributed by atoms with Crippen molar-refractivity contribution in [2.75, 3.05) is 32.8 Å². The molecule has 0 amide bonds. The molecule has 1 aliphatic heterocycles. The number of hydrogen-bond acceptors (Lipinski definition) is 4. The molecule has 0 aliphatic carbocycles. The third-order valence-electron chi connectivity index (χ3n) is 4.46. The number of nitrogens with two attached hydrogens (primary N) is 1. The molecule has 1 fully saturated rings. The van der Waals surface area contributed by atoms with Gasteiger partial charge in [0.2, 0.25) is 0 Å². The van der Waals surface area contributed by atoms with E-state index in [1.165, 1.54) is 11.1 Å². The summed E-state index contributed by atoms with van der Waals surface area (Å²) in [5, 5.41) is 0. The van der Waals surface area contributed by atoms with Gasteiger partial charge in [0.25, 0.3) is 0 Å². The van der Waals surface area contributed by atoms with Crippen LogP contribution in [0.3, 0.4) is 0 Å². The van der Waals surface area contributed by atoms with Gasteiger partial charge in [0, 0.05) is 25.2 Å². The molecule has 1 atom stereocenters. The molecule has 1 aliphatic rings. The molecular weight excluding hydrogens is 300 g/mol. The summed E-state index contributed by atoms with van der Waals surface area (Å²) in [5.41, 5.74) is 9.68. The standard InChI is InChI=1S/C20H26N2O2/c1-16-5-4-6-17(13-16)15-24-20-8-3-2-7-18(20)19(14-21)22-9-11-23-12-10-22/h2-8,13,19H,9-12,14-15,21H2,1H3. The lowest BCUT2D eigenvalue weighted by Crippen LogP contribution is -2.41. The lowest BCUT2D eigenvalue weighted by molar-refractivity contribution is 0.0173. The van der Waals surface area contributed by atoms with Crippen LogP contribution in [0.4, 0.5) is 0 Å². The largest absolute Gasteiger partial charge is 0.489 e. The Bertz CT molecular complexity index is 654. The predicted molar refractivity (Wildman–Crippen MR) is 96.1 cm³/mol. The van der Waals surface area contributed by atoms with Gasteiger partial charge in [-0.25, -0.2) is 0 Å². The fourth-order valence-electron chi connectivity index (χ4n) is 3.21. The first-order valence-electron chi connectivity index (χ1n) is 8.57. The molecule has 3 rings (SSSR count). The molecule has 2 aromatic carbocycles. The average Bonchev–Trinajstić information content (AvgIpc) is 2.62. The van der Waals surface area contributed by atoms with E-state index in [0.29, 0.717) is 13.2 Å². The smallest absolute Gasteiger partial charge is 0.124 e. The second-order valence-corrected chi connectivity index (χ2v) is 6.22. The second-order valence-electron chi connectivity index (χ2n) is 6.22. The van der Waals surface area contributed by atoms with Crippen molar-refractivity contribution in [2.45, 2.75) is 19.6 Å². The van der Waals surface area contributed by atoms with Crippen molar-refractivity contribution in [3.63, 3.8) is 0 Å². The van der Waals surface area contributed by atoms with Gasteiger partial charge >= 0.3 is 0 Å². The molecule has 2 aromatic rings. The Kier molecular flexibility index (Phi) is 5.86. The summed E-state index contributed by atoms with van der Waals surface area (Å²) in [7, 11) is 0. The van der Waals surface area contributed by atoms with Crippen LogP contribution in [0.2, 0.25) is 0 Å². The van der Waals surface area contributed by atoms with Gasteiger partial charge in [-0.05, 0) is 18.6 Å². The number of nitrogens with zero attached hydrogens (tertiary/aromatic N) is 1. The van der Waals surface area contributed by atoms with Gasteiger partial charge in [0.1, 0.15) is 12.4 Å². The monoisotopic (exact) mass is 326 g/mol. The van der Waals surface area contributed by atoms with Crippen LogP contribution in [0.25, 0.3) is 0 Å². The maximum atomic E-state index is 6.14. The highest BCUT2D eigenvalue weighted by Gasteiger charge is 2.23. The SMILES string of the molecule is Cc1cccc(COc2ccccc2C(CN)N2CCOCC2)c1. The van der Waals surface area contributed by atoms with E-state index in [-0.39, 0.29) is 6.04 Å². The zero-order valence-electron chi connectivity index (χ0n) is 14.3. The third-order valence-corrected chi connectivity index (χ3v) is 4.46. The average molecular weight is 326 g/mol. The van der Waals surface area contributed by atoms with E-state index in [0.717, 1.165) is 37.6 Å². The summed E-state index contributed by atoms with van der Waals surface area (Å²) in [6.45, 7) is 6.60. The molecule has 128 valence electrons. The van der Waals surface area contributed by atoms with E-state index < -0.39 is 0 Å². The van der Waals surface area contributed by atoms with Crippen molar-refractivity contribution in [1.82, 2.24) is 4.90 Å². The first-order valence-corrected chi connectivity index (χ1v) is 8.57. The Morgan fingerprint density at radius 2 is 1.92 bits per heavy atom. The number of aryl methyl sites for hydroxylation is 1. The maximum absolute atomic E-state index is 6.14. The van der Waals surface area contributed by atoms with Crippen LogP contribution in [0.5, 0.6) is 5.75 Å². The van der Waals surface area contributed by atoms with Crippen molar-refractivity contribution in [3.05, 3.63) is 65.2 Å². The Hall–Kier alpha value is -1.88. The Morgan fingerprint density at radius 3 is 2.67 bits per heavy atom. The summed E-state index contributed by atoms with van der Waals surface area (Å²) in [5.74, 6) is 0.918. The van der Waals surface area contributed by atoms with E-state index in [1.54, 1.807) is 0 Å². The molecule has 2 N–H and O–H groups in total. The molecule has 0 radical (unpaired) electrons. The van der Waals surface area contributed by atoms with Gasteiger partial charge in [-0.15, -0.1) is 0 Å². The Balaban J connectivity index is 1.76. The molecule has 4 nitrogen and oxygen atoms in total. The number of benzene rings is 2. The maximum Gasteiger partial charge on any atom is 0.124 e. The number of para-hydroxylation sites is 1. The van der Waals surface area contributed by atoms with E-state index in [9.17, 15) is 0 Å². The summed E-state index contributed by atoms with van der Waals surface area (Å²) in [6, 6.07) is 16.8. The van der Waals surface area contributed by atoms with Gasteiger partial charge in [-0.2, -0.15) is 0 Å². The fourth-order valence-corrected chi connectivity index (χ4v) is 3.21. The zero-order valence-corrected chi connectivity index (χ0v) is 14.3. The van der Waals surface area contributed by atoms with Crippen LogP contribution in [-0.2, 0) is 11.3 Å². The minimum atomic E-state index is 0.169. The van der Waals surface area contributed by atoms with Crippen LogP contribution in [0.15, 0.2) is 48.5 Å². The van der Waals surface area contributed by atoms with Crippen LogP contribution in [0, 0.1) is 6.92 Å². The van der Waals surface area contributed by atoms with Gasteiger partial charge in [0.05, 0.1) is 19.3 Å². The molecule has 0 aromatic heterocycles. The van der Waals surface area contributed by atoms with Gasteiger partial charge < -0.3 is 15.2 Å². The van der Waals surface area contributed by atoms with Crippen molar-refractivity contribution < 1.29 is 9.47 Å². The summed E-state index contributed by atoms with van der Waals surface area (Å²) < 4.78 is 11.6. The van der Waals surface area contributed by atoms with E-state index in [1.807, 2.05) is 12.1 Å². The first-order chi connectivity index (χ1) is 11.8. The Morgan fingerprint density at radius 1 is 1.12 bits per heavy atom. The molecule has 24 heavy (non-hydrogen) atoms. The Labute approximate surface area is 144 Å². The quantitative estimate of drug-likeness (QED) is 0.887. The van der Waals surface area contributed by atoms with Gasteiger partial charge in [0.15, 0.2) is 0 Å². The molecule has 1 unspecified atom stereocenters. The van der Waals surface area contributed by atoms with E-state index in [4.69, 9.17) is 15.2 Å². The van der Waals surface area contributed by atoms with Crippen molar-refractivity contribution >= 4 is 0 Å². The molecule has 0 saturated carbocycles. The highest BCUT2D eigenvalue weighted by Crippen LogP contribution is 2.30. The predicted octanol–water partition coefficient (Wildman–Crippen LogP) is 2.91. The zero-order chi connectivity index (χ0) is 16.8. The number of rotatable bonds is 6. The van der Waals surface area contributed by atoms with E-state index in [2.05, 4.69) is 48.2 Å². The molecular formula is C20H26N2O2. The highest BCUT2D eigenvalue weighted by molar-refractivity contribution is 5.36. The van der Waals surface area contributed by atoms with Crippen LogP contribution in [0.1, 0.15) is 22.7 Å². The summed E-state index contributed by atoms with van der Waals surface area (Å²) in [4.78, 5) is 2.39. The minimum Gasteiger partial charge on any atom is -0.489 e. The second kappa shape index (κ2) is 8.29. The van der Waals surface area contributed by atoms with E-state index >= 15 is 0 Å². The highest BCUT2D eigenvalue weighted by atomic mass is 16.5. The first kappa shape index (κ1) is 17.0. The van der Waals surface area contributed by atoms with Gasteiger partial charge in [-0.3, -0.25) is 4.90 Å². The third kappa shape index (κ3) is 4.15. The summed E-state index contributed by atoms with van der Waals surface area (Å²) in [6.07, 6.45) is 0. The number of ether oxygens (including phenoxy) is 2. The number of hydrogen-bond donors (Lipinski definition) is 1. The topological polar surface area (TPSA) is 47.7 Å². The number of morpholine rings is 1. The normalized spacial score (nSPS) is 16.8. The lowest BCUT2D eigenvalue weighted by Gasteiger charge is -2.34. The summed E-state index contributed by atoms with van der Waals surface area (Å²) >= 11 is 0. The fraction of sp³-hybridized carbons (Fsp3) is 0.400. The van der Waals surface area contributed by atoms with Gasteiger partial charge in [-0.1, -0.05) is 48.0 Å². The molecule has 4 heteroatoms. The lowest BCUT2D eigenvalue weighted by atomic mass is 10.0. The van der Waals surface area contributed by atoms with Crippen LogP contribution >= 0.6 is 0 Å². The van der Waals surface area contributed by atoms with Crippen LogP contribution < -0.4 is 10.5 Å². The van der Waals surface area contributed by atoms with Crippen molar-refractivity contribution in [1.29, 1.82) is 0 Å². The molecule has 0 bridgehead atoms. The van der Waals surface area contributed by atoms with Crippen molar-refractivity contribution in [3.8, 4) is 5.75 Å². The minimum absolute atomic E-state index is 0.169. The van der Waals surface area contributed by atoms with Crippen LogP contribution in [-0.4, -0.2) is 37.7 Å². The van der Waals surface area contributed by atoms with Crippen molar-refractivity contribution in [2.24, 2.45) is 5.73 Å².